The number of nitriles is 1. The van der Waals surface area contributed by atoms with E-state index in [2.05, 4.69) is 6.07 Å². The molecule has 1 fully saturated rings. The van der Waals surface area contributed by atoms with Crippen LogP contribution in [0.2, 0.25) is 0 Å². The molecule has 152 valence electrons. The minimum absolute atomic E-state index is 0.00498. The Morgan fingerprint density at radius 2 is 1.79 bits per heavy atom. The number of amides is 1. The highest BCUT2D eigenvalue weighted by Crippen LogP contribution is 2.25. The highest BCUT2D eigenvalue weighted by molar-refractivity contribution is 8.00. The van der Waals surface area contributed by atoms with Crippen LogP contribution in [0, 0.1) is 25.2 Å². The molecule has 0 radical (unpaired) electrons. The summed E-state index contributed by atoms with van der Waals surface area (Å²) in [4.78, 5) is 15.4. The maximum absolute atomic E-state index is 12.9. The number of carbonyl (C=O) groups excluding carboxylic acids is 1. The van der Waals surface area contributed by atoms with Gasteiger partial charge in [-0.05, 0) is 37.6 Å². The van der Waals surface area contributed by atoms with Gasteiger partial charge in [-0.25, -0.2) is 8.42 Å². The maximum Gasteiger partial charge on any atom is 0.244 e. The second-order valence-corrected chi connectivity index (χ2v) is 9.87. The smallest absolute Gasteiger partial charge is 0.244 e. The topological polar surface area (TPSA) is 81.5 Å². The summed E-state index contributed by atoms with van der Waals surface area (Å²) in [7, 11) is -3.75. The molecule has 0 spiro atoms. The van der Waals surface area contributed by atoms with Crippen molar-refractivity contribution >= 4 is 27.7 Å². The number of sulfonamides is 1. The van der Waals surface area contributed by atoms with Gasteiger partial charge >= 0.3 is 0 Å². The monoisotopic (exact) mass is 429 g/mol. The van der Waals surface area contributed by atoms with Crippen molar-refractivity contribution in [1.29, 1.82) is 5.26 Å². The third-order valence-electron chi connectivity index (χ3n) is 4.91. The van der Waals surface area contributed by atoms with Crippen LogP contribution in [0.3, 0.4) is 0 Å². The molecule has 0 bridgehead atoms. The molecule has 0 N–H and O–H groups in total. The summed E-state index contributed by atoms with van der Waals surface area (Å²) in [5.74, 6) is 0.333. The molecule has 0 aromatic heterocycles. The highest BCUT2D eigenvalue weighted by Gasteiger charge is 2.31. The van der Waals surface area contributed by atoms with E-state index >= 15 is 0 Å². The van der Waals surface area contributed by atoms with Crippen molar-refractivity contribution in [1.82, 2.24) is 9.21 Å². The molecule has 2 aromatic carbocycles. The first-order valence-electron chi connectivity index (χ1n) is 9.30. The predicted octanol–water partition coefficient (Wildman–Crippen LogP) is 2.80. The van der Waals surface area contributed by atoms with E-state index in [0.717, 1.165) is 16.0 Å². The lowest BCUT2D eigenvalue weighted by molar-refractivity contribution is -0.129. The number of aryl methyl sites for hydroxylation is 2. The Morgan fingerprint density at radius 3 is 2.48 bits per heavy atom. The van der Waals surface area contributed by atoms with Crippen LogP contribution in [0.1, 0.15) is 16.7 Å². The van der Waals surface area contributed by atoms with E-state index in [-0.39, 0.29) is 29.5 Å². The third-order valence-corrected chi connectivity index (χ3v) is 8.01. The van der Waals surface area contributed by atoms with E-state index in [4.69, 9.17) is 0 Å². The number of hydrogen-bond acceptors (Lipinski definition) is 5. The quantitative estimate of drug-likeness (QED) is 0.683. The van der Waals surface area contributed by atoms with Crippen LogP contribution < -0.4 is 0 Å². The molecular weight excluding hydrogens is 406 g/mol. The van der Waals surface area contributed by atoms with Crippen LogP contribution in [0.5, 0.6) is 0 Å². The molecule has 29 heavy (non-hydrogen) atoms. The number of carbonyl (C=O) groups is 1. The minimum atomic E-state index is -3.75. The zero-order valence-corrected chi connectivity index (χ0v) is 18.1. The van der Waals surface area contributed by atoms with Gasteiger partial charge in [0.15, 0.2) is 0 Å². The van der Waals surface area contributed by atoms with Gasteiger partial charge in [0.1, 0.15) is 6.07 Å². The molecule has 0 unspecified atom stereocenters. The van der Waals surface area contributed by atoms with Gasteiger partial charge in [0.2, 0.25) is 15.9 Å². The zero-order chi connectivity index (χ0) is 21.0. The van der Waals surface area contributed by atoms with Gasteiger partial charge in [-0.15, -0.1) is 11.8 Å². The molecule has 8 heteroatoms. The Kier molecular flexibility index (Phi) is 6.63. The summed E-state index contributed by atoms with van der Waals surface area (Å²) in [5, 5.41) is 9.20. The van der Waals surface area contributed by atoms with Crippen LogP contribution in [-0.4, -0.2) is 55.5 Å². The number of rotatable bonds is 5. The maximum atomic E-state index is 12.9. The van der Waals surface area contributed by atoms with Gasteiger partial charge in [0.05, 0.1) is 16.2 Å². The highest BCUT2D eigenvalue weighted by atomic mass is 32.2. The van der Waals surface area contributed by atoms with Gasteiger partial charge in [-0.3, -0.25) is 4.79 Å². The first-order valence-corrected chi connectivity index (χ1v) is 11.7. The van der Waals surface area contributed by atoms with E-state index < -0.39 is 10.0 Å². The van der Waals surface area contributed by atoms with E-state index in [9.17, 15) is 18.5 Å². The number of hydrogen-bond donors (Lipinski definition) is 0. The lowest BCUT2D eigenvalue weighted by Gasteiger charge is -2.34. The average molecular weight is 430 g/mol. The van der Waals surface area contributed by atoms with Gasteiger partial charge in [-0.1, -0.05) is 29.8 Å². The van der Waals surface area contributed by atoms with E-state index in [0.29, 0.717) is 18.8 Å². The molecule has 2 aromatic rings. The molecule has 3 rings (SSSR count). The Morgan fingerprint density at radius 1 is 1.10 bits per heavy atom. The number of benzene rings is 2. The fourth-order valence-corrected chi connectivity index (χ4v) is 5.79. The molecule has 1 saturated heterocycles. The average Bonchev–Trinajstić information content (AvgIpc) is 2.74. The van der Waals surface area contributed by atoms with Crippen LogP contribution in [0.25, 0.3) is 0 Å². The Hall–Kier alpha value is -2.34. The van der Waals surface area contributed by atoms with Crippen molar-refractivity contribution in [2.75, 3.05) is 31.9 Å². The van der Waals surface area contributed by atoms with Crippen molar-refractivity contribution in [3.05, 3.63) is 59.2 Å². The van der Waals surface area contributed by atoms with Crippen LogP contribution in [-0.2, 0) is 14.8 Å². The Labute approximate surface area is 176 Å². The largest absolute Gasteiger partial charge is 0.339 e. The van der Waals surface area contributed by atoms with Crippen molar-refractivity contribution in [2.45, 2.75) is 23.6 Å². The summed E-state index contributed by atoms with van der Waals surface area (Å²) in [6.45, 7) is 5.19. The number of thioether (sulfide) groups is 1. The molecule has 0 atom stereocenters. The van der Waals surface area contributed by atoms with Gasteiger partial charge in [-0.2, -0.15) is 9.57 Å². The SMILES string of the molecule is Cc1ccc(C)c(SCC(=O)N2CCN(S(=O)(=O)c3ccccc3C#N)CC2)c1. The normalized spacial score (nSPS) is 15.1. The van der Waals surface area contributed by atoms with Crippen LogP contribution in [0.4, 0.5) is 0 Å². The summed E-state index contributed by atoms with van der Waals surface area (Å²) in [5.41, 5.74) is 2.43. The molecular formula is C21H23N3O3S2. The van der Waals surface area contributed by atoms with Crippen molar-refractivity contribution in [3.8, 4) is 6.07 Å². The van der Waals surface area contributed by atoms with Crippen molar-refractivity contribution in [2.24, 2.45) is 0 Å². The van der Waals surface area contributed by atoms with Gasteiger partial charge in [0.25, 0.3) is 0 Å². The summed E-state index contributed by atoms with van der Waals surface area (Å²) < 4.78 is 27.1. The molecule has 0 aliphatic carbocycles. The summed E-state index contributed by atoms with van der Waals surface area (Å²) >= 11 is 1.51. The van der Waals surface area contributed by atoms with E-state index in [1.54, 1.807) is 17.0 Å². The first-order chi connectivity index (χ1) is 13.8. The Bertz CT molecular complexity index is 1050. The van der Waals surface area contributed by atoms with Crippen LogP contribution >= 0.6 is 11.8 Å². The lowest BCUT2D eigenvalue weighted by atomic mass is 10.2. The molecule has 1 aliphatic heterocycles. The van der Waals surface area contributed by atoms with Gasteiger partial charge < -0.3 is 4.90 Å². The molecule has 0 saturated carbocycles. The third kappa shape index (κ3) is 4.81. The van der Waals surface area contributed by atoms with Gasteiger partial charge in [0, 0.05) is 31.1 Å². The fourth-order valence-electron chi connectivity index (χ4n) is 3.19. The standard InChI is InChI=1S/C21H23N3O3S2/c1-16-7-8-17(2)19(13-16)28-15-21(25)23-9-11-24(12-10-23)29(26,27)20-6-4-3-5-18(20)14-22/h3-8,13H,9-12,15H2,1-2H3. The van der Waals surface area contributed by atoms with Crippen LogP contribution in [0.15, 0.2) is 52.3 Å². The molecule has 6 nitrogen and oxygen atoms in total. The van der Waals surface area contributed by atoms with E-state index in [1.807, 2.05) is 32.0 Å². The molecule has 1 aliphatic rings. The van der Waals surface area contributed by atoms with E-state index in [1.165, 1.54) is 28.2 Å². The summed E-state index contributed by atoms with van der Waals surface area (Å²) in [6, 6.07) is 14.3. The summed E-state index contributed by atoms with van der Waals surface area (Å²) in [6.07, 6.45) is 0. The Balaban J connectivity index is 1.60. The number of piperazine rings is 1. The van der Waals surface area contributed by atoms with Crippen molar-refractivity contribution < 1.29 is 13.2 Å². The number of nitrogens with zero attached hydrogens (tertiary/aromatic N) is 3. The zero-order valence-electron chi connectivity index (χ0n) is 16.5. The second kappa shape index (κ2) is 8.99. The predicted molar refractivity (Wildman–Crippen MR) is 113 cm³/mol. The lowest BCUT2D eigenvalue weighted by Crippen LogP contribution is -2.51. The minimum Gasteiger partial charge on any atom is -0.339 e. The molecule has 1 amide bonds. The molecule has 1 heterocycles. The van der Waals surface area contributed by atoms with Crippen molar-refractivity contribution in [3.63, 3.8) is 0 Å². The first kappa shape index (κ1) is 21.4. The fraction of sp³-hybridized carbons (Fsp3) is 0.333. The second-order valence-electron chi connectivity index (χ2n) is 6.95.